The monoisotopic (exact) mass is 378 g/mol. The number of imide groups is 1. The number of anilines is 2. The van der Waals surface area contributed by atoms with Crippen LogP contribution in [0.15, 0.2) is 48.5 Å². The number of carbonyl (C=O) groups is 3. The second kappa shape index (κ2) is 6.75. The summed E-state index contributed by atoms with van der Waals surface area (Å²) < 4.78 is 39.3. The number of halogens is 3. The van der Waals surface area contributed by atoms with Crippen LogP contribution >= 0.6 is 0 Å². The van der Waals surface area contributed by atoms with Crippen molar-refractivity contribution in [1.82, 2.24) is 0 Å². The first-order valence-corrected chi connectivity index (χ1v) is 7.81. The molecule has 1 unspecified atom stereocenters. The Balaban J connectivity index is 1.84. The Hall–Kier alpha value is -3.36. The zero-order chi connectivity index (χ0) is 19.8. The zero-order valence-corrected chi connectivity index (χ0v) is 13.7. The number of rotatable bonds is 4. The topological polar surface area (TPSA) is 86.7 Å². The molecule has 0 saturated carbocycles. The molecule has 1 aliphatic heterocycles. The number of aromatic carboxylic acids is 1. The van der Waals surface area contributed by atoms with Gasteiger partial charge >= 0.3 is 12.1 Å². The highest BCUT2D eigenvalue weighted by molar-refractivity contribution is 6.23. The number of hydrogen-bond acceptors (Lipinski definition) is 4. The molecule has 27 heavy (non-hydrogen) atoms. The molecular formula is C18H13F3N2O4. The number of carboxylic acid groups (broad SMARTS) is 1. The number of hydrogen-bond donors (Lipinski definition) is 2. The smallest absolute Gasteiger partial charge is 0.418 e. The number of benzene rings is 2. The summed E-state index contributed by atoms with van der Waals surface area (Å²) in [6.07, 6.45) is -4.92. The van der Waals surface area contributed by atoms with Crippen LogP contribution in [0, 0.1) is 0 Å². The van der Waals surface area contributed by atoms with Gasteiger partial charge in [-0.05, 0) is 36.4 Å². The molecule has 2 amide bonds. The van der Waals surface area contributed by atoms with Crippen LogP contribution in [0.4, 0.5) is 24.5 Å². The van der Waals surface area contributed by atoms with Crippen molar-refractivity contribution < 1.29 is 32.7 Å². The van der Waals surface area contributed by atoms with E-state index in [1.807, 2.05) is 0 Å². The largest absolute Gasteiger partial charge is 0.478 e. The van der Waals surface area contributed by atoms with Gasteiger partial charge in [-0.1, -0.05) is 12.1 Å². The number of para-hydroxylation sites is 1. The van der Waals surface area contributed by atoms with Gasteiger partial charge in [0.1, 0.15) is 6.04 Å². The molecule has 140 valence electrons. The van der Waals surface area contributed by atoms with E-state index in [-0.39, 0.29) is 23.4 Å². The number of amides is 2. The van der Waals surface area contributed by atoms with E-state index in [0.29, 0.717) is 0 Å². The van der Waals surface area contributed by atoms with Gasteiger partial charge in [0, 0.05) is 5.69 Å². The van der Waals surface area contributed by atoms with Gasteiger partial charge in [0.2, 0.25) is 5.91 Å². The first-order valence-electron chi connectivity index (χ1n) is 7.81. The Kier molecular flexibility index (Phi) is 4.61. The fourth-order valence-electron chi connectivity index (χ4n) is 2.81. The summed E-state index contributed by atoms with van der Waals surface area (Å²) in [6.45, 7) is 0. The van der Waals surface area contributed by atoms with E-state index >= 15 is 0 Å². The van der Waals surface area contributed by atoms with Crippen LogP contribution in [0.5, 0.6) is 0 Å². The third-order valence-corrected chi connectivity index (χ3v) is 4.08. The van der Waals surface area contributed by atoms with Crippen LogP contribution < -0.4 is 10.2 Å². The first-order chi connectivity index (χ1) is 12.7. The van der Waals surface area contributed by atoms with Crippen LogP contribution in [-0.4, -0.2) is 28.9 Å². The molecule has 1 saturated heterocycles. The van der Waals surface area contributed by atoms with Crippen molar-refractivity contribution in [1.29, 1.82) is 0 Å². The highest BCUT2D eigenvalue weighted by Crippen LogP contribution is 2.35. The highest BCUT2D eigenvalue weighted by atomic mass is 19.4. The van der Waals surface area contributed by atoms with Crippen LogP contribution in [0.1, 0.15) is 22.3 Å². The van der Waals surface area contributed by atoms with E-state index in [1.165, 1.54) is 42.5 Å². The van der Waals surface area contributed by atoms with E-state index in [1.54, 1.807) is 0 Å². The van der Waals surface area contributed by atoms with Gasteiger partial charge in [-0.15, -0.1) is 0 Å². The van der Waals surface area contributed by atoms with Crippen molar-refractivity contribution in [2.75, 3.05) is 10.2 Å². The Morgan fingerprint density at radius 2 is 1.70 bits per heavy atom. The SMILES string of the molecule is O=C(O)c1ccc(N2C(=O)CC(Nc3ccccc3C(F)(F)F)C2=O)cc1. The second-order valence-electron chi connectivity index (χ2n) is 5.86. The maximum absolute atomic E-state index is 13.1. The number of carboxylic acids is 1. The van der Waals surface area contributed by atoms with Crippen molar-refractivity contribution in [3.8, 4) is 0 Å². The van der Waals surface area contributed by atoms with E-state index in [0.717, 1.165) is 11.0 Å². The fourth-order valence-corrected chi connectivity index (χ4v) is 2.81. The van der Waals surface area contributed by atoms with E-state index in [9.17, 15) is 27.6 Å². The lowest BCUT2D eigenvalue weighted by molar-refractivity contribution is -0.137. The van der Waals surface area contributed by atoms with Gasteiger partial charge in [-0.3, -0.25) is 9.59 Å². The van der Waals surface area contributed by atoms with Gasteiger partial charge in [0.25, 0.3) is 5.91 Å². The maximum atomic E-state index is 13.1. The average Bonchev–Trinajstić information content (AvgIpc) is 2.88. The minimum absolute atomic E-state index is 0.0216. The molecule has 3 rings (SSSR count). The molecule has 2 aromatic rings. The van der Waals surface area contributed by atoms with Crippen molar-refractivity contribution >= 4 is 29.2 Å². The lowest BCUT2D eigenvalue weighted by Crippen LogP contribution is -2.35. The molecule has 0 radical (unpaired) electrons. The summed E-state index contributed by atoms with van der Waals surface area (Å²) in [5.41, 5.74) is -1.09. The number of alkyl halides is 3. The molecule has 1 atom stereocenters. The number of carbonyl (C=O) groups excluding carboxylic acids is 2. The molecule has 0 bridgehead atoms. The van der Waals surface area contributed by atoms with Gasteiger partial charge < -0.3 is 10.4 Å². The summed E-state index contributed by atoms with van der Waals surface area (Å²) in [6, 6.07) is 8.59. The molecule has 1 fully saturated rings. The predicted octanol–water partition coefficient (Wildman–Crippen LogP) is 3.15. The Labute approximate surface area is 151 Å². The maximum Gasteiger partial charge on any atom is 0.418 e. The molecular weight excluding hydrogens is 365 g/mol. The Morgan fingerprint density at radius 3 is 2.30 bits per heavy atom. The van der Waals surface area contributed by atoms with Crippen molar-refractivity contribution in [3.63, 3.8) is 0 Å². The highest BCUT2D eigenvalue weighted by Gasteiger charge is 2.41. The van der Waals surface area contributed by atoms with Crippen LogP contribution in [-0.2, 0) is 15.8 Å². The Bertz CT molecular complexity index is 910. The van der Waals surface area contributed by atoms with Crippen LogP contribution in [0.2, 0.25) is 0 Å². The summed E-state index contributed by atoms with van der Waals surface area (Å²) in [7, 11) is 0. The predicted molar refractivity (Wildman–Crippen MR) is 89.4 cm³/mol. The summed E-state index contributed by atoms with van der Waals surface area (Å²) in [4.78, 5) is 36.5. The van der Waals surface area contributed by atoms with Crippen molar-refractivity contribution in [2.45, 2.75) is 18.6 Å². The van der Waals surface area contributed by atoms with Gasteiger partial charge in [0.15, 0.2) is 0 Å². The fraction of sp³-hybridized carbons (Fsp3) is 0.167. The third kappa shape index (κ3) is 3.62. The minimum atomic E-state index is -4.61. The molecule has 0 aromatic heterocycles. The molecule has 0 aliphatic carbocycles. The quantitative estimate of drug-likeness (QED) is 0.799. The van der Waals surface area contributed by atoms with Crippen molar-refractivity contribution in [3.05, 3.63) is 59.7 Å². The lowest BCUT2D eigenvalue weighted by atomic mass is 10.1. The van der Waals surface area contributed by atoms with Gasteiger partial charge in [-0.25, -0.2) is 9.69 Å². The molecule has 1 heterocycles. The average molecular weight is 378 g/mol. The second-order valence-corrected chi connectivity index (χ2v) is 5.86. The third-order valence-electron chi connectivity index (χ3n) is 4.08. The van der Waals surface area contributed by atoms with E-state index in [2.05, 4.69) is 5.32 Å². The summed E-state index contributed by atoms with van der Waals surface area (Å²) in [5, 5.41) is 11.4. The molecule has 9 heteroatoms. The van der Waals surface area contributed by atoms with Crippen LogP contribution in [0.25, 0.3) is 0 Å². The number of nitrogens with one attached hydrogen (secondary N) is 1. The molecule has 6 nitrogen and oxygen atoms in total. The van der Waals surface area contributed by atoms with E-state index in [4.69, 9.17) is 5.11 Å². The lowest BCUT2D eigenvalue weighted by Gasteiger charge is -2.18. The van der Waals surface area contributed by atoms with Crippen LogP contribution in [0.3, 0.4) is 0 Å². The normalized spacial score (nSPS) is 17.3. The molecule has 2 N–H and O–H groups in total. The summed E-state index contributed by atoms with van der Waals surface area (Å²) >= 11 is 0. The first kappa shape index (κ1) is 18.4. The molecule has 0 spiro atoms. The molecule has 1 aliphatic rings. The minimum Gasteiger partial charge on any atom is -0.478 e. The standard InChI is InChI=1S/C18H13F3N2O4/c19-18(20,21)12-3-1-2-4-13(12)22-14-9-15(24)23(16(14)25)11-7-5-10(6-8-11)17(26)27/h1-8,14,22H,9H2,(H,26,27). The van der Waals surface area contributed by atoms with Gasteiger partial charge in [0.05, 0.1) is 23.2 Å². The molecule has 2 aromatic carbocycles. The summed E-state index contributed by atoms with van der Waals surface area (Å²) in [5.74, 6) is -2.46. The Morgan fingerprint density at radius 1 is 1.07 bits per heavy atom. The zero-order valence-electron chi connectivity index (χ0n) is 13.7. The van der Waals surface area contributed by atoms with Crippen molar-refractivity contribution in [2.24, 2.45) is 0 Å². The van der Waals surface area contributed by atoms with Gasteiger partial charge in [-0.2, -0.15) is 13.2 Å². The van der Waals surface area contributed by atoms with E-state index < -0.39 is 35.6 Å². The number of nitrogens with zero attached hydrogens (tertiary/aromatic N) is 1.